The zero-order chi connectivity index (χ0) is 19.3. The summed E-state index contributed by atoms with van der Waals surface area (Å²) in [6.07, 6.45) is 0.696. The standard InChI is InChI=1S/C19H17ClN2O3S2/c20-16-7-3-14(4-8-16)11-12-21-19(23)15-5-9-17(10-6-15)22-27(24,25)18-2-1-13-26-18/h1-10,13,22H,11-12H2,(H,21,23). The molecular weight excluding hydrogens is 404 g/mol. The maximum atomic E-state index is 12.2. The van der Waals surface area contributed by atoms with Gasteiger partial charge in [-0.3, -0.25) is 9.52 Å². The number of carbonyl (C=O) groups is 1. The Bertz CT molecular complexity index is 1000. The normalized spacial score (nSPS) is 11.1. The van der Waals surface area contributed by atoms with Gasteiger partial charge < -0.3 is 5.32 Å². The Morgan fingerprint density at radius 2 is 1.70 bits per heavy atom. The van der Waals surface area contributed by atoms with Crippen molar-refractivity contribution in [3.05, 3.63) is 82.2 Å². The summed E-state index contributed by atoms with van der Waals surface area (Å²) in [5, 5.41) is 5.22. The van der Waals surface area contributed by atoms with Crippen LogP contribution in [0.15, 0.2) is 70.3 Å². The first-order valence-electron chi connectivity index (χ1n) is 8.13. The summed E-state index contributed by atoms with van der Waals surface area (Å²) in [6, 6.07) is 17.0. The van der Waals surface area contributed by atoms with E-state index in [1.165, 1.54) is 6.07 Å². The second-order valence-electron chi connectivity index (χ2n) is 5.75. The third kappa shape index (κ3) is 5.32. The van der Waals surface area contributed by atoms with Gasteiger partial charge in [0.15, 0.2) is 0 Å². The number of thiophene rings is 1. The van der Waals surface area contributed by atoms with E-state index in [9.17, 15) is 13.2 Å². The van der Waals surface area contributed by atoms with Gasteiger partial charge >= 0.3 is 0 Å². The van der Waals surface area contributed by atoms with Crippen LogP contribution in [0.5, 0.6) is 0 Å². The number of sulfonamides is 1. The summed E-state index contributed by atoms with van der Waals surface area (Å²) in [6.45, 7) is 0.493. The molecule has 8 heteroatoms. The maximum Gasteiger partial charge on any atom is 0.271 e. The average Bonchev–Trinajstić information content (AvgIpc) is 3.19. The Labute approximate surface area is 167 Å². The second-order valence-corrected chi connectivity index (χ2v) is 9.04. The number of carbonyl (C=O) groups excluding carboxylic acids is 1. The molecule has 0 aliphatic rings. The van der Waals surface area contributed by atoms with Gasteiger partial charge in [0.05, 0.1) is 0 Å². The maximum absolute atomic E-state index is 12.2. The molecule has 0 saturated carbocycles. The highest BCUT2D eigenvalue weighted by Gasteiger charge is 2.15. The smallest absolute Gasteiger partial charge is 0.271 e. The molecule has 0 atom stereocenters. The van der Waals surface area contributed by atoms with E-state index in [1.807, 2.05) is 24.3 Å². The van der Waals surface area contributed by atoms with Crippen molar-refractivity contribution in [2.24, 2.45) is 0 Å². The van der Waals surface area contributed by atoms with Crippen LogP contribution in [-0.2, 0) is 16.4 Å². The first-order chi connectivity index (χ1) is 12.9. The summed E-state index contributed by atoms with van der Waals surface area (Å²) in [5.41, 5.74) is 1.95. The van der Waals surface area contributed by atoms with E-state index in [1.54, 1.807) is 35.7 Å². The van der Waals surface area contributed by atoms with Gasteiger partial charge in [-0.25, -0.2) is 8.42 Å². The molecule has 0 fully saturated rings. The number of rotatable bonds is 7. The van der Waals surface area contributed by atoms with E-state index in [-0.39, 0.29) is 10.1 Å². The second kappa shape index (κ2) is 8.56. The monoisotopic (exact) mass is 420 g/mol. The number of anilines is 1. The molecule has 27 heavy (non-hydrogen) atoms. The van der Waals surface area contributed by atoms with Crippen LogP contribution in [0.4, 0.5) is 5.69 Å². The Morgan fingerprint density at radius 1 is 1.00 bits per heavy atom. The van der Waals surface area contributed by atoms with Crippen molar-refractivity contribution in [1.29, 1.82) is 0 Å². The quantitative estimate of drug-likeness (QED) is 0.602. The molecule has 5 nitrogen and oxygen atoms in total. The lowest BCUT2D eigenvalue weighted by molar-refractivity contribution is 0.0954. The van der Waals surface area contributed by atoms with Crippen LogP contribution in [0.25, 0.3) is 0 Å². The number of hydrogen-bond donors (Lipinski definition) is 2. The van der Waals surface area contributed by atoms with Crippen LogP contribution in [0, 0.1) is 0 Å². The van der Waals surface area contributed by atoms with Crippen molar-refractivity contribution in [2.75, 3.05) is 11.3 Å². The SMILES string of the molecule is O=C(NCCc1ccc(Cl)cc1)c1ccc(NS(=O)(=O)c2cccs2)cc1. The largest absolute Gasteiger partial charge is 0.352 e. The van der Waals surface area contributed by atoms with E-state index >= 15 is 0 Å². The lowest BCUT2D eigenvalue weighted by Crippen LogP contribution is -2.25. The lowest BCUT2D eigenvalue weighted by Gasteiger charge is -2.08. The molecule has 3 rings (SSSR count). The third-order valence-electron chi connectivity index (χ3n) is 3.77. The van der Waals surface area contributed by atoms with E-state index in [4.69, 9.17) is 11.6 Å². The van der Waals surface area contributed by atoms with Crippen molar-refractivity contribution in [3.8, 4) is 0 Å². The molecular formula is C19H17ClN2O3S2. The van der Waals surface area contributed by atoms with Gasteiger partial charge in [-0.1, -0.05) is 29.8 Å². The summed E-state index contributed by atoms with van der Waals surface area (Å²) < 4.78 is 27.1. The Balaban J connectivity index is 1.55. The fourth-order valence-corrected chi connectivity index (χ4v) is 4.56. The highest BCUT2D eigenvalue weighted by Crippen LogP contribution is 2.20. The van der Waals surface area contributed by atoms with Gasteiger partial charge in [0.2, 0.25) is 0 Å². The molecule has 1 heterocycles. The minimum atomic E-state index is -3.59. The average molecular weight is 421 g/mol. The molecule has 0 aliphatic carbocycles. The molecule has 1 amide bonds. The Morgan fingerprint density at radius 3 is 2.33 bits per heavy atom. The van der Waals surface area contributed by atoms with Crippen molar-refractivity contribution in [3.63, 3.8) is 0 Å². The Hall–Kier alpha value is -2.35. The van der Waals surface area contributed by atoms with Gasteiger partial charge in [0.1, 0.15) is 4.21 Å². The molecule has 0 spiro atoms. The predicted molar refractivity (Wildman–Crippen MR) is 109 cm³/mol. The first kappa shape index (κ1) is 19.4. The van der Waals surface area contributed by atoms with Crippen molar-refractivity contribution < 1.29 is 13.2 Å². The predicted octanol–water partition coefficient (Wildman–Crippen LogP) is 4.17. The van der Waals surface area contributed by atoms with Gasteiger partial charge in [-0.15, -0.1) is 11.3 Å². The van der Waals surface area contributed by atoms with Gasteiger partial charge in [0, 0.05) is 22.8 Å². The van der Waals surface area contributed by atoms with Crippen molar-refractivity contribution in [1.82, 2.24) is 5.32 Å². The number of hydrogen-bond acceptors (Lipinski definition) is 4. The van der Waals surface area contributed by atoms with Crippen molar-refractivity contribution >= 4 is 44.6 Å². The van der Waals surface area contributed by atoms with E-state index in [0.717, 1.165) is 16.9 Å². The minimum Gasteiger partial charge on any atom is -0.352 e. The molecule has 2 aromatic carbocycles. The number of nitrogens with one attached hydrogen (secondary N) is 2. The molecule has 2 N–H and O–H groups in total. The van der Waals surface area contributed by atoms with Gasteiger partial charge in [-0.2, -0.15) is 0 Å². The van der Waals surface area contributed by atoms with Gasteiger partial charge in [0.25, 0.3) is 15.9 Å². The number of amides is 1. The fraction of sp³-hybridized carbons (Fsp3) is 0.105. The summed E-state index contributed by atoms with van der Waals surface area (Å²) in [4.78, 5) is 12.2. The topological polar surface area (TPSA) is 75.3 Å². The third-order valence-corrected chi connectivity index (χ3v) is 6.80. The van der Waals surface area contributed by atoms with Crippen molar-refractivity contribution in [2.45, 2.75) is 10.6 Å². The van der Waals surface area contributed by atoms with Crippen LogP contribution in [0.1, 0.15) is 15.9 Å². The number of halogens is 1. The summed E-state index contributed by atoms with van der Waals surface area (Å²) in [5.74, 6) is -0.211. The van der Waals surface area contributed by atoms with Crippen LogP contribution in [0.3, 0.4) is 0 Å². The molecule has 0 radical (unpaired) electrons. The summed E-state index contributed by atoms with van der Waals surface area (Å²) >= 11 is 6.99. The van der Waals surface area contributed by atoms with Gasteiger partial charge in [-0.05, 0) is 59.8 Å². The molecule has 0 saturated heterocycles. The first-order valence-corrected chi connectivity index (χ1v) is 10.9. The molecule has 0 unspecified atom stereocenters. The highest BCUT2D eigenvalue weighted by molar-refractivity contribution is 7.94. The summed E-state index contributed by atoms with van der Waals surface area (Å²) in [7, 11) is -3.59. The molecule has 0 aliphatic heterocycles. The molecule has 3 aromatic rings. The Kier molecular flexibility index (Phi) is 6.15. The van der Waals surface area contributed by atoms with Crippen LogP contribution >= 0.6 is 22.9 Å². The highest BCUT2D eigenvalue weighted by atomic mass is 35.5. The van der Waals surface area contributed by atoms with Crippen LogP contribution in [0.2, 0.25) is 5.02 Å². The zero-order valence-electron chi connectivity index (χ0n) is 14.2. The lowest BCUT2D eigenvalue weighted by atomic mass is 10.1. The van der Waals surface area contributed by atoms with E-state index < -0.39 is 10.0 Å². The molecule has 1 aromatic heterocycles. The van der Waals surface area contributed by atoms with E-state index in [0.29, 0.717) is 29.2 Å². The fourth-order valence-electron chi connectivity index (χ4n) is 2.38. The van der Waals surface area contributed by atoms with Crippen LogP contribution < -0.4 is 10.0 Å². The zero-order valence-corrected chi connectivity index (χ0v) is 16.6. The molecule has 140 valence electrons. The minimum absolute atomic E-state index is 0.211. The van der Waals surface area contributed by atoms with E-state index in [2.05, 4.69) is 10.0 Å². The number of benzene rings is 2. The molecule has 0 bridgehead atoms. The van der Waals surface area contributed by atoms with Crippen LogP contribution in [-0.4, -0.2) is 20.9 Å².